The van der Waals surface area contributed by atoms with Crippen molar-refractivity contribution in [3.05, 3.63) is 35.4 Å². The maximum atomic E-state index is 11.9. The molecule has 0 saturated carbocycles. The van der Waals surface area contributed by atoms with Gasteiger partial charge in [-0.3, -0.25) is 9.69 Å². The van der Waals surface area contributed by atoms with E-state index in [-0.39, 0.29) is 17.6 Å². The zero-order valence-corrected chi connectivity index (χ0v) is 15.8. The van der Waals surface area contributed by atoms with Crippen molar-refractivity contribution < 1.29 is 19.4 Å². The molecule has 2 bridgehead atoms. The van der Waals surface area contributed by atoms with E-state index in [2.05, 4.69) is 10.2 Å². The molecule has 1 spiro atoms. The second-order valence-corrected chi connectivity index (χ2v) is 8.26. The zero-order chi connectivity index (χ0) is 19.0. The van der Waals surface area contributed by atoms with Gasteiger partial charge in [-0.25, -0.2) is 4.79 Å². The number of carbonyl (C=O) groups excluding carboxylic acids is 1. The minimum Gasteiger partial charge on any atom is -0.478 e. The van der Waals surface area contributed by atoms with Crippen LogP contribution >= 0.6 is 0 Å². The molecule has 1 amide bonds. The maximum absolute atomic E-state index is 11.9. The molecule has 3 aliphatic heterocycles. The number of amides is 1. The molecule has 6 heteroatoms. The van der Waals surface area contributed by atoms with Gasteiger partial charge in [0.25, 0.3) is 0 Å². The summed E-state index contributed by atoms with van der Waals surface area (Å²) in [7, 11) is 0. The van der Waals surface area contributed by atoms with Crippen LogP contribution in [0.1, 0.15) is 48.5 Å². The predicted molar refractivity (Wildman–Crippen MR) is 100 cm³/mol. The third-order valence-electron chi connectivity index (χ3n) is 6.47. The summed E-state index contributed by atoms with van der Waals surface area (Å²) in [6.45, 7) is 5.45. The predicted octanol–water partition coefficient (Wildman–Crippen LogP) is 2.28. The second-order valence-electron chi connectivity index (χ2n) is 8.26. The molecule has 2 N–H and O–H groups in total. The molecule has 3 aliphatic rings. The lowest BCUT2D eigenvalue weighted by molar-refractivity contribution is -0.121. The van der Waals surface area contributed by atoms with E-state index in [0.29, 0.717) is 23.8 Å². The Balaban J connectivity index is 1.39. The van der Waals surface area contributed by atoms with E-state index in [1.54, 1.807) is 12.1 Å². The number of benzene rings is 1. The van der Waals surface area contributed by atoms with Crippen LogP contribution in [0.4, 0.5) is 0 Å². The van der Waals surface area contributed by atoms with E-state index in [4.69, 9.17) is 9.84 Å². The molecule has 3 fully saturated rings. The van der Waals surface area contributed by atoms with Gasteiger partial charge < -0.3 is 15.2 Å². The van der Waals surface area contributed by atoms with Gasteiger partial charge in [-0.2, -0.15) is 0 Å². The third kappa shape index (κ3) is 3.48. The van der Waals surface area contributed by atoms with E-state index >= 15 is 0 Å². The van der Waals surface area contributed by atoms with Gasteiger partial charge in [0.05, 0.1) is 17.3 Å². The summed E-state index contributed by atoms with van der Waals surface area (Å²) in [6.07, 6.45) is 3.95. The molecular weight excluding hydrogens is 344 g/mol. The average Bonchev–Trinajstić information content (AvgIpc) is 3.28. The highest BCUT2D eigenvalue weighted by atomic mass is 16.5. The van der Waals surface area contributed by atoms with Gasteiger partial charge in [-0.1, -0.05) is 19.1 Å². The van der Waals surface area contributed by atoms with Crippen LogP contribution < -0.4 is 5.32 Å². The topological polar surface area (TPSA) is 78.9 Å². The van der Waals surface area contributed by atoms with Crippen LogP contribution in [0.25, 0.3) is 0 Å². The largest absolute Gasteiger partial charge is 0.478 e. The molecule has 6 nitrogen and oxygen atoms in total. The Labute approximate surface area is 159 Å². The fraction of sp³-hybridized carbons (Fsp3) is 0.619. The normalized spacial score (nSPS) is 31.8. The van der Waals surface area contributed by atoms with Gasteiger partial charge >= 0.3 is 5.97 Å². The first-order valence-electron chi connectivity index (χ1n) is 10.00. The third-order valence-corrected chi connectivity index (χ3v) is 6.47. The molecule has 4 atom stereocenters. The first kappa shape index (κ1) is 18.4. The lowest BCUT2D eigenvalue weighted by Crippen LogP contribution is -2.41. The number of aromatic carboxylic acids is 1. The Morgan fingerprint density at radius 2 is 2.11 bits per heavy atom. The Morgan fingerprint density at radius 1 is 1.33 bits per heavy atom. The van der Waals surface area contributed by atoms with Crippen molar-refractivity contribution in [3.63, 3.8) is 0 Å². The highest BCUT2D eigenvalue weighted by Gasteiger charge is 2.62. The van der Waals surface area contributed by atoms with E-state index in [0.717, 1.165) is 51.0 Å². The number of hydrogen-bond acceptors (Lipinski definition) is 4. The zero-order valence-electron chi connectivity index (χ0n) is 15.8. The maximum Gasteiger partial charge on any atom is 0.335 e. The summed E-state index contributed by atoms with van der Waals surface area (Å²) in [6, 6.07) is 7.13. The molecule has 1 aromatic carbocycles. The van der Waals surface area contributed by atoms with Gasteiger partial charge in [0.15, 0.2) is 0 Å². The quantitative estimate of drug-likeness (QED) is 0.768. The van der Waals surface area contributed by atoms with Crippen molar-refractivity contribution in [1.82, 2.24) is 10.2 Å². The fourth-order valence-corrected chi connectivity index (χ4v) is 5.24. The van der Waals surface area contributed by atoms with Crippen LogP contribution in [-0.2, 0) is 16.1 Å². The van der Waals surface area contributed by atoms with Gasteiger partial charge in [0, 0.05) is 44.4 Å². The number of rotatable bonds is 7. The summed E-state index contributed by atoms with van der Waals surface area (Å²) < 4.78 is 6.44. The van der Waals surface area contributed by atoms with Crippen molar-refractivity contribution in [3.8, 4) is 0 Å². The number of carboxylic acid groups (broad SMARTS) is 1. The molecule has 4 rings (SSSR count). The summed E-state index contributed by atoms with van der Waals surface area (Å²) in [5.41, 5.74) is 1.39. The first-order valence-corrected chi connectivity index (χ1v) is 10.00. The van der Waals surface area contributed by atoms with Crippen LogP contribution in [0.3, 0.4) is 0 Å². The number of fused-ring (bicyclic) bond motifs is 1. The number of nitrogens with one attached hydrogen (secondary N) is 1. The number of ether oxygens (including phenoxy) is 1. The Hall–Kier alpha value is -1.92. The van der Waals surface area contributed by atoms with Crippen molar-refractivity contribution >= 4 is 11.9 Å². The Bertz CT molecular complexity index is 719. The van der Waals surface area contributed by atoms with Gasteiger partial charge in [0.2, 0.25) is 5.91 Å². The molecule has 0 radical (unpaired) electrons. The molecule has 27 heavy (non-hydrogen) atoms. The van der Waals surface area contributed by atoms with Crippen molar-refractivity contribution in [2.45, 2.75) is 50.9 Å². The Morgan fingerprint density at radius 3 is 2.81 bits per heavy atom. The van der Waals surface area contributed by atoms with Crippen molar-refractivity contribution in [2.24, 2.45) is 11.8 Å². The van der Waals surface area contributed by atoms with Gasteiger partial charge in [-0.05, 0) is 37.0 Å². The fourth-order valence-electron chi connectivity index (χ4n) is 5.24. The van der Waals surface area contributed by atoms with E-state index in [9.17, 15) is 9.59 Å². The smallest absolute Gasteiger partial charge is 0.335 e. The highest BCUT2D eigenvalue weighted by molar-refractivity contribution is 5.87. The molecule has 0 aromatic heterocycles. The Kier molecular flexibility index (Phi) is 4.95. The van der Waals surface area contributed by atoms with Crippen LogP contribution in [0.15, 0.2) is 24.3 Å². The SMILES string of the molecule is CCCC(=O)NC[C@H]1[C@H]2CN(Cc3ccc(C(=O)O)cc3)C[C@]23CC[C@H]1O3. The number of carboxylic acids is 1. The van der Waals surface area contributed by atoms with Crippen LogP contribution in [-0.4, -0.2) is 53.2 Å². The molecule has 146 valence electrons. The number of nitrogens with zero attached hydrogens (tertiary/aromatic N) is 1. The summed E-state index contributed by atoms with van der Waals surface area (Å²) in [5.74, 6) is 0.118. The lowest BCUT2D eigenvalue weighted by atomic mass is 9.73. The average molecular weight is 372 g/mol. The van der Waals surface area contributed by atoms with Crippen LogP contribution in [0, 0.1) is 11.8 Å². The van der Waals surface area contributed by atoms with Crippen molar-refractivity contribution in [2.75, 3.05) is 19.6 Å². The van der Waals surface area contributed by atoms with Crippen LogP contribution in [0.5, 0.6) is 0 Å². The summed E-state index contributed by atoms with van der Waals surface area (Å²) >= 11 is 0. The van der Waals surface area contributed by atoms with Gasteiger partial charge in [-0.15, -0.1) is 0 Å². The number of carbonyl (C=O) groups is 2. The summed E-state index contributed by atoms with van der Waals surface area (Å²) in [5, 5.41) is 12.1. The molecule has 3 heterocycles. The lowest BCUT2D eigenvalue weighted by Gasteiger charge is -2.29. The number of likely N-dealkylation sites (tertiary alicyclic amines) is 1. The molecule has 3 saturated heterocycles. The standard InChI is InChI=1S/C21H28N2O4/c1-2-3-19(24)22-10-16-17-12-23(13-21(17)9-8-18(16)27-21)11-14-4-6-15(7-5-14)20(25)26/h4-7,16-18H,2-3,8-13H2,1H3,(H,22,24)(H,25,26)/t16-,17+,18+,21+/m0/s1. The molecule has 0 aliphatic carbocycles. The minimum atomic E-state index is -0.894. The summed E-state index contributed by atoms with van der Waals surface area (Å²) in [4.78, 5) is 25.3. The van der Waals surface area contributed by atoms with E-state index < -0.39 is 5.97 Å². The highest BCUT2D eigenvalue weighted by Crippen LogP contribution is 2.54. The minimum absolute atomic E-state index is 0.0498. The second kappa shape index (κ2) is 7.24. The number of hydrogen-bond donors (Lipinski definition) is 2. The first-order chi connectivity index (χ1) is 13.0. The van der Waals surface area contributed by atoms with Gasteiger partial charge in [0.1, 0.15) is 0 Å². The monoisotopic (exact) mass is 372 g/mol. The molecule has 0 unspecified atom stereocenters. The van der Waals surface area contributed by atoms with E-state index in [1.165, 1.54) is 0 Å². The van der Waals surface area contributed by atoms with E-state index in [1.807, 2.05) is 19.1 Å². The molecular formula is C21H28N2O4. The van der Waals surface area contributed by atoms with Crippen LogP contribution in [0.2, 0.25) is 0 Å². The molecule has 1 aromatic rings. The van der Waals surface area contributed by atoms with Crippen molar-refractivity contribution in [1.29, 1.82) is 0 Å².